The van der Waals surface area contributed by atoms with E-state index in [0.717, 1.165) is 38.5 Å². The van der Waals surface area contributed by atoms with E-state index in [4.69, 9.17) is 4.74 Å². The number of amides is 2. The molecule has 3 aromatic rings. The average molecular weight is 494 g/mol. The van der Waals surface area contributed by atoms with E-state index in [1.165, 1.54) is 4.90 Å². The van der Waals surface area contributed by atoms with Gasteiger partial charge in [-0.25, -0.2) is 0 Å². The molecule has 0 aliphatic carbocycles. The molecule has 0 bridgehead atoms. The number of rotatable bonds is 6. The Balaban J connectivity index is 1.45. The van der Waals surface area contributed by atoms with Crippen LogP contribution in [0.3, 0.4) is 0 Å². The first-order chi connectivity index (χ1) is 15.0. The highest BCUT2D eigenvalue weighted by atomic mass is 79.9. The van der Waals surface area contributed by atoms with Gasteiger partial charge in [0.2, 0.25) is 0 Å². The van der Waals surface area contributed by atoms with Crippen molar-refractivity contribution in [3.8, 4) is 5.75 Å². The third kappa shape index (κ3) is 5.27. The van der Waals surface area contributed by atoms with Crippen LogP contribution >= 0.6 is 27.7 Å². The lowest BCUT2D eigenvalue weighted by Gasteiger charge is -2.12. The highest BCUT2D eigenvalue weighted by molar-refractivity contribution is 9.10. The van der Waals surface area contributed by atoms with Crippen molar-refractivity contribution in [2.45, 2.75) is 20.1 Å². The molecule has 156 valence electrons. The average Bonchev–Trinajstić information content (AvgIpc) is 3.03. The van der Waals surface area contributed by atoms with E-state index < -0.39 is 0 Å². The summed E-state index contributed by atoms with van der Waals surface area (Å²) in [6, 6.07) is 23.4. The highest BCUT2D eigenvalue weighted by Crippen LogP contribution is 2.35. The normalized spacial score (nSPS) is 15.0. The van der Waals surface area contributed by atoms with Crippen LogP contribution in [0.2, 0.25) is 0 Å². The number of benzene rings is 3. The molecule has 0 N–H and O–H groups in total. The number of halogens is 1. The zero-order valence-corrected chi connectivity index (χ0v) is 19.3. The second-order valence-corrected chi connectivity index (χ2v) is 9.07. The summed E-state index contributed by atoms with van der Waals surface area (Å²) in [6.45, 7) is 2.75. The Morgan fingerprint density at radius 2 is 1.71 bits per heavy atom. The molecule has 1 aliphatic heterocycles. The third-order valence-electron chi connectivity index (χ3n) is 4.83. The lowest BCUT2D eigenvalue weighted by atomic mass is 10.1. The van der Waals surface area contributed by atoms with Gasteiger partial charge in [-0.05, 0) is 69.5 Å². The van der Waals surface area contributed by atoms with Crippen molar-refractivity contribution in [3.05, 3.63) is 104 Å². The van der Waals surface area contributed by atoms with Crippen LogP contribution in [-0.4, -0.2) is 16.0 Å². The molecule has 1 saturated heterocycles. The molecule has 6 heteroatoms. The fourth-order valence-electron chi connectivity index (χ4n) is 3.12. The Morgan fingerprint density at radius 1 is 0.968 bits per heavy atom. The van der Waals surface area contributed by atoms with Crippen molar-refractivity contribution in [3.63, 3.8) is 0 Å². The Kier molecular flexibility index (Phi) is 6.59. The number of hydrogen-bond donors (Lipinski definition) is 0. The number of imide groups is 1. The van der Waals surface area contributed by atoms with Crippen LogP contribution in [0, 0.1) is 6.92 Å². The number of carbonyl (C=O) groups excluding carboxylic acids is 2. The first kappa shape index (κ1) is 21.4. The molecule has 3 aromatic carbocycles. The van der Waals surface area contributed by atoms with Crippen LogP contribution in [0.4, 0.5) is 4.79 Å². The van der Waals surface area contributed by atoms with E-state index in [-0.39, 0.29) is 17.7 Å². The van der Waals surface area contributed by atoms with Gasteiger partial charge in [-0.1, -0.05) is 66.2 Å². The van der Waals surface area contributed by atoms with E-state index >= 15 is 0 Å². The number of carbonyl (C=O) groups is 2. The standard InChI is InChI=1S/C25H20BrNO3S/c1-17-7-9-18(10-8-17)15-27-24(28)23(31-25(27)29)14-20-11-12-22(21(26)13-20)30-16-19-5-3-2-4-6-19/h2-14H,15-16H2,1H3/b23-14-. The number of thioether (sulfide) groups is 1. The van der Waals surface area contributed by atoms with Crippen LogP contribution in [0.5, 0.6) is 5.75 Å². The van der Waals surface area contributed by atoms with Crippen molar-refractivity contribution >= 4 is 44.9 Å². The van der Waals surface area contributed by atoms with Crippen molar-refractivity contribution < 1.29 is 14.3 Å². The number of hydrogen-bond acceptors (Lipinski definition) is 4. The van der Waals surface area contributed by atoms with Crippen molar-refractivity contribution in [2.24, 2.45) is 0 Å². The summed E-state index contributed by atoms with van der Waals surface area (Å²) in [4.78, 5) is 26.9. The summed E-state index contributed by atoms with van der Waals surface area (Å²) in [5, 5.41) is -0.251. The first-order valence-corrected chi connectivity index (χ1v) is 11.4. The minimum absolute atomic E-state index is 0.251. The maximum absolute atomic E-state index is 12.8. The molecule has 0 unspecified atom stereocenters. The summed E-state index contributed by atoms with van der Waals surface area (Å²) in [7, 11) is 0. The molecular formula is C25H20BrNO3S. The topological polar surface area (TPSA) is 46.6 Å². The predicted octanol–water partition coefficient (Wildman–Crippen LogP) is 6.57. The van der Waals surface area contributed by atoms with Crippen LogP contribution in [0.1, 0.15) is 22.3 Å². The van der Waals surface area contributed by atoms with Crippen LogP contribution in [-0.2, 0) is 17.9 Å². The Morgan fingerprint density at radius 3 is 2.42 bits per heavy atom. The Labute approximate surface area is 194 Å². The lowest BCUT2D eigenvalue weighted by molar-refractivity contribution is -0.123. The van der Waals surface area contributed by atoms with Crippen LogP contribution in [0.15, 0.2) is 82.2 Å². The summed E-state index contributed by atoms with van der Waals surface area (Å²) in [5.41, 5.74) is 3.97. The van der Waals surface area contributed by atoms with Gasteiger partial charge in [0, 0.05) is 0 Å². The molecule has 1 aliphatic rings. The van der Waals surface area contributed by atoms with Gasteiger partial charge in [0.15, 0.2) is 0 Å². The van der Waals surface area contributed by atoms with Crippen LogP contribution < -0.4 is 4.74 Å². The second kappa shape index (κ2) is 9.54. The van der Waals surface area contributed by atoms with Gasteiger partial charge >= 0.3 is 0 Å². The molecule has 4 nitrogen and oxygen atoms in total. The van der Waals surface area contributed by atoms with Gasteiger partial charge in [0.1, 0.15) is 12.4 Å². The van der Waals surface area contributed by atoms with Gasteiger partial charge in [-0.3, -0.25) is 14.5 Å². The summed E-state index contributed by atoms with van der Waals surface area (Å²) >= 11 is 4.50. The molecule has 31 heavy (non-hydrogen) atoms. The lowest BCUT2D eigenvalue weighted by Crippen LogP contribution is -2.27. The zero-order valence-electron chi connectivity index (χ0n) is 16.9. The monoisotopic (exact) mass is 493 g/mol. The van der Waals surface area contributed by atoms with Crippen LogP contribution in [0.25, 0.3) is 6.08 Å². The van der Waals surface area contributed by atoms with Gasteiger partial charge in [0.25, 0.3) is 11.1 Å². The van der Waals surface area contributed by atoms with Crippen molar-refractivity contribution in [1.82, 2.24) is 4.90 Å². The fourth-order valence-corrected chi connectivity index (χ4v) is 4.47. The molecule has 0 saturated carbocycles. The van der Waals surface area contributed by atoms with E-state index in [1.54, 1.807) is 6.08 Å². The number of ether oxygens (including phenoxy) is 1. The molecule has 4 rings (SSSR count). The molecule has 0 spiro atoms. The fraction of sp³-hybridized carbons (Fsp3) is 0.120. The van der Waals surface area contributed by atoms with E-state index in [1.807, 2.05) is 79.7 Å². The molecule has 0 atom stereocenters. The van der Waals surface area contributed by atoms with E-state index in [2.05, 4.69) is 15.9 Å². The maximum Gasteiger partial charge on any atom is 0.293 e. The van der Waals surface area contributed by atoms with Gasteiger partial charge in [-0.15, -0.1) is 0 Å². The highest BCUT2D eigenvalue weighted by Gasteiger charge is 2.34. The van der Waals surface area contributed by atoms with E-state index in [9.17, 15) is 9.59 Å². The summed E-state index contributed by atoms with van der Waals surface area (Å²) < 4.78 is 6.66. The SMILES string of the molecule is Cc1ccc(CN2C(=O)S/C(=C\c3ccc(OCc4ccccc4)c(Br)c3)C2=O)cc1. The molecule has 0 aromatic heterocycles. The largest absolute Gasteiger partial charge is 0.488 e. The Bertz CT molecular complexity index is 1140. The van der Waals surface area contributed by atoms with Gasteiger partial charge in [-0.2, -0.15) is 0 Å². The number of aryl methyl sites for hydroxylation is 1. The first-order valence-electron chi connectivity index (χ1n) is 9.77. The Hall–Kier alpha value is -2.83. The minimum atomic E-state index is -0.267. The quantitative estimate of drug-likeness (QED) is 0.364. The molecule has 0 radical (unpaired) electrons. The predicted molar refractivity (Wildman–Crippen MR) is 128 cm³/mol. The number of nitrogens with zero attached hydrogens (tertiary/aromatic N) is 1. The van der Waals surface area contributed by atoms with E-state index in [0.29, 0.717) is 17.3 Å². The summed E-state index contributed by atoms with van der Waals surface area (Å²) in [5.74, 6) is 0.449. The molecule has 1 fully saturated rings. The molecule has 2 amide bonds. The molecule has 1 heterocycles. The van der Waals surface area contributed by atoms with Gasteiger partial charge < -0.3 is 4.74 Å². The molecular weight excluding hydrogens is 474 g/mol. The van der Waals surface area contributed by atoms with Crippen molar-refractivity contribution in [1.29, 1.82) is 0 Å². The van der Waals surface area contributed by atoms with Gasteiger partial charge in [0.05, 0.1) is 15.9 Å². The summed E-state index contributed by atoms with van der Waals surface area (Å²) in [6.07, 6.45) is 1.74. The zero-order chi connectivity index (χ0) is 21.8. The maximum atomic E-state index is 12.8. The minimum Gasteiger partial charge on any atom is -0.488 e. The van der Waals surface area contributed by atoms with Crippen molar-refractivity contribution in [2.75, 3.05) is 0 Å². The second-order valence-electron chi connectivity index (χ2n) is 7.22. The smallest absolute Gasteiger partial charge is 0.293 e. The third-order valence-corrected chi connectivity index (χ3v) is 6.35.